The summed E-state index contributed by atoms with van der Waals surface area (Å²) in [5.41, 5.74) is 5.41. The zero-order valence-corrected chi connectivity index (χ0v) is 9.67. The van der Waals surface area contributed by atoms with Gasteiger partial charge in [-0.2, -0.15) is 13.2 Å². The first-order valence-electron chi connectivity index (χ1n) is 4.92. The summed E-state index contributed by atoms with van der Waals surface area (Å²) >= 11 is 0. The Kier molecular flexibility index (Phi) is 4.12. The fraction of sp³-hybridized carbons (Fsp3) is 0.400. The largest absolute Gasteiger partial charge is 0.426 e. The molecule has 0 saturated carbocycles. The van der Waals surface area contributed by atoms with Crippen molar-refractivity contribution in [3.05, 3.63) is 30.3 Å². The van der Waals surface area contributed by atoms with Gasteiger partial charge >= 0.3 is 6.18 Å². The minimum Gasteiger partial charge on any atom is -0.426 e. The van der Waals surface area contributed by atoms with Crippen LogP contribution in [0, 0.1) is 0 Å². The van der Waals surface area contributed by atoms with E-state index in [2.05, 4.69) is 0 Å². The molecule has 1 atom stereocenters. The van der Waals surface area contributed by atoms with Crippen LogP contribution in [0.25, 0.3) is 0 Å². The summed E-state index contributed by atoms with van der Waals surface area (Å²) < 4.78 is 36.3. The van der Waals surface area contributed by atoms with E-state index in [0.717, 1.165) is 0 Å². The Morgan fingerprint density at radius 2 is 1.75 bits per heavy atom. The van der Waals surface area contributed by atoms with Gasteiger partial charge in [-0.3, -0.25) is 0 Å². The summed E-state index contributed by atoms with van der Waals surface area (Å²) in [6.45, 7) is 0. The van der Waals surface area contributed by atoms with Crippen molar-refractivity contribution < 1.29 is 18.0 Å². The van der Waals surface area contributed by atoms with Crippen LogP contribution in [0.1, 0.15) is 6.42 Å². The summed E-state index contributed by atoms with van der Waals surface area (Å²) in [7, 11) is -3.15. The number of benzene rings is 1. The molecule has 1 aromatic rings. The highest BCUT2D eigenvalue weighted by molar-refractivity contribution is 6.85. The Labute approximate surface area is 93.0 Å². The van der Waals surface area contributed by atoms with Gasteiger partial charge in [0.2, 0.25) is 8.32 Å². The highest BCUT2D eigenvalue weighted by atomic mass is 28.4. The highest BCUT2D eigenvalue weighted by Gasteiger charge is 2.37. The molecular formula is C10H14F3NOSi. The Morgan fingerprint density at radius 3 is 2.19 bits per heavy atom. The van der Waals surface area contributed by atoms with Gasteiger partial charge in [-0.15, -0.1) is 0 Å². The summed E-state index contributed by atoms with van der Waals surface area (Å²) in [6.07, 6.45) is -5.32. The topological polar surface area (TPSA) is 46.2 Å². The molecule has 0 radical (unpaired) electrons. The number of alkyl halides is 3. The van der Waals surface area contributed by atoms with E-state index in [1.807, 2.05) is 0 Å². The molecule has 0 spiro atoms. The third-order valence-electron chi connectivity index (χ3n) is 2.47. The molecule has 0 heterocycles. The lowest BCUT2D eigenvalue weighted by atomic mass is 10.4. The van der Waals surface area contributed by atoms with E-state index in [9.17, 15) is 18.0 Å². The van der Waals surface area contributed by atoms with Crippen LogP contribution >= 0.6 is 0 Å². The maximum absolute atomic E-state index is 12.1. The number of halogens is 3. The molecule has 0 saturated heterocycles. The second-order valence-corrected chi connectivity index (χ2v) is 7.27. The third kappa shape index (κ3) is 3.62. The van der Waals surface area contributed by atoms with E-state index in [0.29, 0.717) is 5.19 Å². The van der Waals surface area contributed by atoms with Crippen molar-refractivity contribution in [2.75, 3.05) is 6.17 Å². The number of nitrogens with two attached hydrogens (primary N) is 1. The van der Waals surface area contributed by atoms with Crippen molar-refractivity contribution in [3.63, 3.8) is 0 Å². The molecule has 0 aliphatic carbocycles. The van der Waals surface area contributed by atoms with Crippen LogP contribution in [0.3, 0.4) is 0 Å². The number of rotatable bonds is 4. The summed E-state index contributed by atoms with van der Waals surface area (Å²) in [5, 5.41) is 0.557. The molecular weight excluding hydrogens is 235 g/mol. The predicted octanol–water partition coefficient (Wildman–Crippen LogP) is 1.28. The van der Waals surface area contributed by atoms with Crippen LogP contribution in [0.5, 0.6) is 0 Å². The smallest absolute Gasteiger partial charge is 0.388 e. The average Bonchev–Trinajstić information content (AvgIpc) is 2.26. The van der Waals surface area contributed by atoms with Crippen LogP contribution < -0.4 is 10.9 Å². The first-order chi connectivity index (χ1) is 7.37. The van der Waals surface area contributed by atoms with Gasteiger partial charge in [-0.1, -0.05) is 30.3 Å². The van der Waals surface area contributed by atoms with Crippen LogP contribution in [-0.2, 0) is 0 Å². The van der Waals surface area contributed by atoms with Gasteiger partial charge in [0.15, 0.2) is 0 Å². The Balaban J connectivity index is 2.79. The highest BCUT2D eigenvalue weighted by Crippen LogP contribution is 2.24. The third-order valence-corrected chi connectivity index (χ3v) is 5.63. The lowest BCUT2D eigenvalue weighted by molar-refractivity contribution is -0.131. The van der Waals surface area contributed by atoms with Crippen molar-refractivity contribution in [2.24, 2.45) is 5.73 Å². The Morgan fingerprint density at radius 1 is 1.19 bits per heavy atom. The summed E-state index contributed by atoms with van der Waals surface area (Å²) in [5.74, 6) is 0. The van der Waals surface area contributed by atoms with Gasteiger partial charge in [0.05, 0.1) is 0 Å². The summed E-state index contributed by atoms with van der Waals surface area (Å²) in [4.78, 5) is 10.2. The molecule has 0 amide bonds. The van der Waals surface area contributed by atoms with E-state index in [4.69, 9.17) is 5.73 Å². The van der Waals surface area contributed by atoms with E-state index >= 15 is 0 Å². The average molecular weight is 249 g/mol. The molecule has 0 aromatic heterocycles. The number of hydrogen-bond donors (Lipinski definition) is 2. The van der Waals surface area contributed by atoms with Gasteiger partial charge in [-0.05, 0) is 11.2 Å². The Bertz CT molecular complexity index is 331. The minimum atomic E-state index is -4.25. The quantitative estimate of drug-likeness (QED) is 0.790. The van der Waals surface area contributed by atoms with E-state index in [-0.39, 0.29) is 12.2 Å². The fourth-order valence-corrected chi connectivity index (χ4v) is 3.70. The van der Waals surface area contributed by atoms with Crippen molar-refractivity contribution in [2.45, 2.75) is 18.6 Å². The van der Waals surface area contributed by atoms with E-state index in [1.165, 1.54) is 0 Å². The lowest BCUT2D eigenvalue weighted by Gasteiger charge is -2.24. The normalized spacial score (nSPS) is 15.8. The van der Waals surface area contributed by atoms with E-state index in [1.54, 1.807) is 30.3 Å². The summed E-state index contributed by atoms with van der Waals surface area (Å²) in [6, 6.07) is 8.12. The molecule has 16 heavy (non-hydrogen) atoms. The van der Waals surface area contributed by atoms with Gasteiger partial charge in [0.25, 0.3) is 0 Å². The molecule has 0 aliphatic heterocycles. The van der Waals surface area contributed by atoms with E-state index < -0.39 is 20.9 Å². The molecule has 3 N–H and O–H groups in total. The van der Waals surface area contributed by atoms with Crippen LogP contribution in [-0.4, -0.2) is 25.5 Å². The second-order valence-electron chi connectivity index (χ2n) is 3.72. The van der Waals surface area contributed by atoms with Crippen molar-refractivity contribution in [3.8, 4) is 0 Å². The molecule has 90 valence electrons. The van der Waals surface area contributed by atoms with Crippen LogP contribution in [0.15, 0.2) is 30.3 Å². The molecule has 0 fully saturated rings. The van der Waals surface area contributed by atoms with Crippen LogP contribution in [0.4, 0.5) is 13.2 Å². The van der Waals surface area contributed by atoms with Crippen molar-refractivity contribution in [1.82, 2.24) is 0 Å². The standard InChI is InChI=1S/C10H14F3NOSi/c11-10(12,13)6-7-16(15,8-14)9-4-2-1-3-5-9/h1-5,15H,6-8,14H2. The zero-order chi connectivity index (χ0) is 12.2. The maximum Gasteiger partial charge on any atom is 0.388 e. The lowest BCUT2D eigenvalue weighted by Crippen LogP contribution is -2.55. The Hall–Kier alpha value is -0.853. The minimum absolute atomic E-state index is 0.0902. The van der Waals surface area contributed by atoms with Crippen molar-refractivity contribution >= 4 is 13.5 Å². The van der Waals surface area contributed by atoms with Gasteiger partial charge in [0.1, 0.15) is 0 Å². The van der Waals surface area contributed by atoms with Gasteiger partial charge in [-0.25, -0.2) is 0 Å². The van der Waals surface area contributed by atoms with Crippen molar-refractivity contribution in [1.29, 1.82) is 0 Å². The zero-order valence-electron chi connectivity index (χ0n) is 8.67. The monoisotopic (exact) mass is 249 g/mol. The predicted molar refractivity (Wildman–Crippen MR) is 58.6 cm³/mol. The second kappa shape index (κ2) is 4.99. The van der Waals surface area contributed by atoms with Crippen LogP contribution in [0.2, 0.25) is 6.04 Å². The first-order valence-corrected chi connectivity index (χ1v) is 7.28. The SMILES string of the molecule is NC[Si](O)(CCC(F)(F)F)c1ccccc1. The number of hydrogen-bond acceptors (Lipinski definition) is 2. The van der Waals surface area contributed by atoms with Gasteiger partial charge < -0.3 is 10.5 Å². The first kappa shape index (κ1) is 13.2. The molecule has 6 heteroatoms. The molecule has 1 aromatic carbocycles. The fourth-order valence-electron chi connectivity index (χ4n) is 1.46. The molecule has 2 nitrogen and oxygen atoms in total. The molecule has 1 rings (SSSR count). The molecule has 0 bridgehead atoms. The van der Waals surface area contributed by atoms with Gasteiger partial charge in [0, 0.05) is 12.6 Å². The molecule has 0 aliphatic rings. The maximum atomic E-state index is 12.1. The molecule has 1 unspecified atom stereocenters.